The summed E-state index contributed by atoms with van der Waals surface area (Å²) in [7, 11) is -1.02. The summed E-state index contributed by atoms with van der Waals surface area (Å²) in [6, 6.07) is 8.25. The number of hydrogen-bond acceptors (Lipinski definition) is 5. The van der Waals surface area contributed by atoms with Gasteiger partial charge < -0.3 is 15.1 Å². The monoisotopic (exact) mass is 408 g/mol. The van der Waals surface area contributed by atoms with Crippen molar-refractivity contribution < 1.29 is 13.2 Å². The maximum atomic E-state index is 12.6. The third kappa shape index (κ3) is 5.04. The summed E-state index contributed by atoms with van der Waals surface area (Å²) in [4.78, 5) is 17.3. The number of anilines is 1. The van der Waals surface area contributed by atoms with E-state index in [1.807, 2.05) is 12.1 Å². The lowest BCUT2D eigenvalue weighted by molar-refractivity contribution is -0.126. The molecule has 2 fully saturated rings. The second kappa shape index (κ2) is 9.24. The molecule has 2 aliphatic heterocycles. The molecule has 2 aliphatic rings. The predicted molar refractivity (Wildman–Crippen MR) is 112 cm³/mol. The van der Waals surface area contributed by atoms with Gasteiger partial charge in [0.05, 0.1) is 5.75 Å². The predicted octanol–water partition coefficient (Wildman–Crippen LogP) is 1.12. The number of benzene rings is 1. The maximum Gasteiger partial charge on any atom is 0.223 e. The van der Waals surface area contributed by atoms with Crippen LogP contribution in [0.25, 0.3) is 0 Å². The lowest BCUT2D eigenvalue weighted by Crippen LogP contribution is -2.45. The van der Waals surface area contributed by atoms with Gasteiger partial charge in [-0.2, -0.15) is 0 Å². The van der Waals surface area contributed by atoms with Crippen molar-refractivity contribution in [1.29, 1.82) is 0 Å². The first kappa shape index (κ1) is 21.1. The lowest BCUT2D eigenvalue weighted by Gasteiger charge is -2.35. The first-order valence-electron chi connectivity index (χ1n) is 10.2. The van der Waals surface area contributed by atoms with E-state index in [-0.39, 0.29) is 17.6 Å². The number of piperazine rings is 1. The zero-order chi connectivity index (χ0) is 20.1. The molecule has 0 aliphatic carbocycles. The molecule has 2 saturated heterocycles. The Morgan fingerprint density at radius 2 is 1.71 bits per heavy atom. The summed E-state index contributed by atoms with van der Waals surface area (Å²) in [5, 5.41) is 3.08. The van der Waals surface area contributed by atoms with Gasteiger partial charge >= 0.3 is 0 Å². The van der Waals surface area contributed by atoms with Gasteiger partial charge in [-0.15, -0.1) is 0 Å². The summed E-state index contributed by atoms with van der Waals surface area (Å²) in [5.41, 5.74) is 2.33. The molecular formula is C20H32N4O3S. The van der Waals surface area contributed by atoms with Crippen molar-refractivity contribution in [2.24, 2.45) is 5.92 Å². The van der Waals surface area contributed by atoms with Crippen molar-refractivity contribution in [3.8, 4) is 0 Å². The van der Waals surface area contributed by atoms with Crippen molar-refractivity contribution in [2.75, 3.05) is 57.0 Å². The quantitative estimate of drug-likeness (QED) is 0.764. The summed E-state index contributed by atoms with van der Waals surface area (Å²) in [5.74, 6) is 0.0354. The van der Waals surface area contributed by atoms with Crippen LogP contribution in [0.3, 0.4) is 0 Å². The summed E-state index contributed by atoms with van der Waals surface area (Å²) < 4.78 is 25.4. The molecule has 0 spiro atoms. The third-order valence-electron chi connectivity index (χ3n) is 5.87. The Bertz CT molecular complexity index is 767. The maximum absolute atomic E-state index is 12.6. The van der Waals surface area contributed by atoms with E-state index >= 15 is 0 Å². The highest BCUT2D eigenvalue weighted by atomic mass is 32.2. The van der Waals surface area contributed by atoms with Gasteiger partial charge in [0.25, 0.3) is 0 Å². The number of amides is 1. The van der Waals surface area contributed by atoms with Crippen molar-refractivity contribution >= 4 is 21.6 Å². The summed E-state index contributed by atoms with van der Waals surface area (Å²) >= 11 is 0. The molecule has 28 heavy (non-hydrogen) atoms. The second-order valence-corrected chi connectivity index (χ2v) is 9.97. The Morgan fingerprint density at radius 3 is 2.36 bits per heavy atom. The fourth-order valence-electron chi connectivity index (χ4n) is 3.92. The molecule has 7 nitrogen and oxygen atoms in total. The van der Waals surface area contributed by atoms with E-state index in [9.17, 15) is 13.2 Å². The van der Waals surface area contributed by atoms with E-state index < -0.39 is 10.0 Å². The zero-order valence-corrected chi connectivity index (χ0v) is 17.7. The normalized spacial score (nSPS) is 20.3. The Morgan fingerprint density at radius 1 is 1.07 bits per heavy atom. The van der Waals surface area contributed by atoms with E-state index in [0.29, 0.717) is 32.5 Å². The van der Waals surface area contributed by atoms with E-state index in [1.165, 1.54) is 9.99 Å². The molecular weight excluding hydrogens is 376 g/mol. The van der Waals surface area contributed by atoms with Gasteiger partial charge in [-0.25, -0.2) is 12.7 Å². The topological polar surface area (TPSA) is 73.0 Å². The van der Waals surface area contributed by atoms with Gasteiger partial charge in [0.2, 0.25) is 15.9 Å². The van der Waals surface area contributed by atoms with Crippen molar-refractivity contribution in [1.82, 2.24) is 14.5 Å². The van der Waals surface area contributed by atoms with Gasteiger partial charge in [0, 0.05) is 57.4 Å². The summed E-state index contributed by atoms with van der Waals surface area (Å²) in [6.07, 6.45) is 1.18. The fraction of sp³-hybridized carbons (Fsp3) is 0.650. The Labute approximate surface area is 168 Å². The van der Waals surface area contributed by atoms with Crippen LogP contribution in [0.2, 0.25) is 0 Å². The van der Waals surface area contributed by atoms with Crippen LogP contribution in [0.5, 0.6) is 0 Å². The highest BCUT2D eigenvalue weighted by Gasteiger charge is 2.30. The van der Waals surface area contributed by atoms with Gasteiger partial charge in [-0.1, -0.05) is 18.2 Å². The number of sulfonamides is 1. The van der Waals surface area contributed by atoms with Crippen LogP contribution >= 0.6 is 0 Å². The Balaban J connectivity index is 1.54. The number of para-hydroxylation sites is 1. The second-order valence-electron chi connectivity index (χ2n) is 7.71. The average Bonchev–Trinajstić information content (AvgIpc) is 2.73. The van der Waals surface area contributed by atoms with Crippen LogP contribution in [0.15, 0.2) is 24.3 Å². The molecule has 0 atom stereocenters. The van der Waals surface area contributed by atoms with Gasteiger partial charge in [-0.3, -0.25) is 4.79 Å². The molecule has 156 valence electrons. The largest absolute Gasteiger partial charge is 0.369 e. The minimum atomic E-state index is -3.15. The van der Waals surface area contributed by atoms with E-state index in [2.05, 4.69) is 34.3 Å². The first-order chi connectivity index (χ1) is 13.4. The minimum absolute atomic E-state index is 0.0294. The number of rotatable bonds is 6. The van der Waals surface area contributed by atoms with Crippen LogP contribution < -0.4 is 10.2 Å². The van der Waals surface area contributed by atoms with Crippen LogP contribution in [0.4, 0.5) is 5.69 Å². The number of piperidine rings is 1. The highest BCUT2D eigenvalue weighted by Crippen LogP contribution is 2.23. The molecule has 1 amide bonds. The van der Waals surface area contributed by atoms with Crippen LogP contribution in [0.1, 0.15) is 25.3 Å². The van der Waals surface area contributed by atoms with Crippen molar-refractivity contribution in [2.45, 2.75) is 26.3 Å². The molecule has 0 radical (unpaired) electrons. The fourth-order valence-corrected chi connectivity index (χ4v) is 5.05. The Hall–Kier alpha value is -1.64. The smallest absolute Gasteiger partial charge is 0.223 e. The van der Waals surface area contributed by atoms with E-state index in [1.54, 1.807) is 6.92 Å². The number of nitrogens with zero attached hydrogens (tertiary/aromatic N) is 3. The molecule has 1 N–H and O–H groups in total. The molecule has 3 rings (SSSR count). The molecule has 0 saturated carbocycles. The highest BCUT2D eigenvalue weighted by molar-refractivity contribution is 7.89. The molecule has 8 heteroatoms. The van der Waals surface area contributed by atoms with Gasteiger partial charge in [-0.05, 0) is 38.4 Å². The first-order valence-corrected chi connectivity index (χ1v) is 11.8. The molecule has 0 bridgehead atoms. The van der Waals surface area contributed by atoms with E-state index in [0.717, 1.165) is 31.7 Å². The van der Waals surface area contributed by atoms with Crippen LogP contribution in [0, 0.1) is 5.92 Å². The third-order valence-corrected chi connectivity index (χ3v) is 7.75. The van der Waals surface area contributed by atoms with Gasteiger partial charge in [0.1, 0.15) is 0 Å². The minimum Gasteiger partial charge on any atom is -0.369 e. The van der Waals surface area contributed by atoms with Gasteiger partial charge in [0.15, 0.2) is 0 Å². The summed E-state index contributed by atoms with van der Waals surface area (Å²) in [6.45, 7) is 7.11. The van der Waals surface area contributed by atoms with Crippen molar-refractivity contribution in [3.05, 3.63) is 29.8 Å². The Kier molecular flexibility index (Phi) is 6.95. The number of likely N-dealkylation sites (N-methyl/N-ethyl adjacent to an activating group) is 1. The number of hydrogen-bond donors (Lipinski definition) is 1. The lowest BCUT2D eigenvalue weighted by atomic mass is 9.97. The van der Waals surface area contributed by atoms with E-state index in [4.69, 9.17) is 0 Å². The molecule has 2 heterocycles. The van der Waals surface area contributed by atoms with Crippen LogP contribution in [-0.2, 0) is 21.4 Å². The molecule has 1 aromatic carbocycles. The van der Waals surface area contributed by atoms with Crippen LogP contribution in [-0.4, -0.2) is 75.6 Å². The number of carbonyl (C=O) groups is 1. The SMILES string of the molecule is CCS(=O)(=O)N1CCC(C(=O)NCc2ccccc2N2CCN(C)CC2)CC1. The molecule has 1 aromatic rings. The average molecular weight is 409 g/mol. The number of nitrogens with one attached hydrogen (secondary N) is 1. The molecule has 0 unspecified atom stereocenters. The zero-order valence-electron chi connectivity index (χ0n) is 16.9. The number of carbonyl (C=O) groups excluding carboxylic acids is 1. The molecule has 0 aromatic heterocycles. The standard InChI is InChI=1S/C20H32N4O3S/c1-3-28(26,27)24-10-8-17(9-11-24)20(25)21-16-18-6-4-5-7-19(18)23-14-12-22(2)13-15-23/h4-7,17H,3,8-16H2,1-2H3,(H,21,25). The van der Waals surface area contributed by atoms with Crippen molar-refractivity contribution in [3.63, 3.8) is 0 Å².